The van der Waals surface area contributed by atoms with Crippen molar-refractivity contribution >= 4 is 5.97 Å². The van der Waals surface area contributed by atoms with Gasteiger partial charge in [-0.2, -0.15) is 5.01 Å². The summed E-state index contributed by atoms with van der Waals surface area (Å²) in [7, 11) is 0. The molecule has 0 atom stereocenters. The molecule has 1 N–H and O–H groups in total. The first-order valence-electron chi connectivity index (χ1n) is 7.01. The van der Waals surface area contributed by atoms with E-state index in [4.69, 9.17) is 5.11 Å². The lowest BCUT2D eigenvalue weighted by Crippen LogP contribution is -2.60. The van der Waals surface area contributed by atoms with Crippen molar-refractivity contribution in [2.75, 3.05) is 18.1 Å². The molecule has 2 aromatic heterocycles. The summed E-state index contributed by atoms with van der Waals surface area (Å²) in [6.07, 6.45) is 8.64. The number of carbonyl (C=O) groups is 1. The monoisotopic (exact) mass is 285 g/mol. The molecule has 0 spiro atoms. The van der Waals surface area contributed by atoms with Crippen LogP contribution in [0.25, 0.3) is 11.4 Å². The number of hydrogen-bond acceptors (Lipinski definition) is 4. The number of carboxylic acid groups (broad SMARTS) is 1. The topological polar surface area (TPSA) is 70.2 Å². The van der Waals surface area contributed by atoms with Gasteiger partial charge in [0.25, 0.3) is 0 Å². The standard InChI is InChI=1S/C15H16N4O2/c20-15(21)12-4-8-18(9-5-12)19-10-7-17-14(11-19)13-3-1-2-6-16-13/h1-3,6-7,10-12H,4-5,8-9H2/p+1. The van der Waals surface area contributed by atoms with Gasteiger partial charge in [0.05, 0.1) is 30.9 Å². The van der Waals surface area contributed by atoms with E-state index in [1.807, 2.05) is 35.3 Å². The maximum atomic E-state index is 11.0. The number of piperidine rings is 1. The van der Waals surface area contributed by atoms with Crippen LogP contribution < -0.4 is 9.69 Å². The van der Waals surface area contributed by atoms with Crippen molar-refractivity contribution in [1.29, 1.82) is 0 Å². The second-order valence-corrected chi connectivity index (χ2v) is 5.10. The molecule has 0 aromatic carbocycles. The molecule has 3 rings (SSSR count). The zero-order valence-electron chi connectivity index (χ0n) is 11.6. The molecule has 0 radical (unpaired) electrons. The number of hydrogen-bond donors (Lipinski definition) is 1. The molecule has 0 amide bonds. The lowest BCUT2D eigenvalue weighted by atomic mass is 9.98. The zero-order valence-corrected chi connectivity index (χ0v) is 11.6. The second kappa shape index (κ2) is 5.87. The lowest BCUT2D eigenvalue weighted by molar-refractivity contribution is -0.694. The molecular formula is C15H17N4O2+. The Balaban J connectivity index is 1.77. The summed E-state index contributed by atoms with van der Waals surface area (Å²) in [5, 5.41) is 11.2. The number of rotatable bonds is 3. The van der Waals surface area contributed by atoms with Crippen LogP contribution in [0.3, 0.4) is 0 Å². The van der Waals surface area contributed by atoms with Crippen LogP contribution in [0, 0.1) is 5.92 Å². The van der Waals surface area contributed by atoms with Gasteiger partial charge in [-0.15, -0.1) is 0 Å². The van der Waals surface area contributed by atoms with E-state index < -0.39 is 5.97 Å². The molecule has 3 heterocycles. The highest BCUT2D eigenvalue weighted by atomic mass is 16.4. The first-order chi connectivity index (χ1) is 10.2. The Bertz CT molecular complexity index is 625. The molecule has 1 saturated heterocycles. The largest absolute Gasteiger partial charge is 0.481 e. The lowest BCUT2D eigenvalue weighted by Gasteiger charge is -2.26. The molecule has 0 aliphatic carbocycles. The summed E-state index contributed by atoms with van der Waals surface area (Å²) < 4.78 is 1.98. The van der Waals surface area contributed by atoms with Gasteiger partial charge in [0.2, 0.25) is 12.4 Å². The first-order valence-corrected chi connectivity index (χ1v) is 7.01. The van der Waals surface area contributed by atoms with Crippen molar-refractivity contribution in [2.45, 2.75) is 12.8 Å². The summed E-state index contributed by atoms with van der Waals surface area (Å²) in [6.45, 7) is 1.46. The molecule has 1 aliphatic heterocycles. The third-order valence-corrected chi connectivity index (χ3v) is 3.76. The van der Waals surface area contributed by atoms with Crippen molar-refractivity contribution in [3.8, 4) is 11.4 Å². The van der Waals surface area contributed by atoms with Gasteiger partial charge >= 0.3 is 5.97 Å². The molecule has 21 heavy (non-hydrogen) atoms. The van der Waals surface area contributed by atoms with Crippen LogP contribution >= 0.6 is 0 Å². The maximum Gasteiger partial charge on any atom is 0.306 e. The molecule has 1 fully saturated rings. The van der Waals surface area contributed by atoms with Gasteiger partial charge in [-0.25, -0.2) is 4.98 Å². The van der Waals surface area contributed by atoms with E-state index in [1.54, 1.807) is 12.4 Å². The molecule has 2 aromatic rings. The van der Waals surface area contributed by atoms with Crippen molar-refractivity contribution in [1.82, 2.24) is 9.97 Å². The van der Waals surface area contributed by atoms with Gasteiger partial charge < -0.3 is 5.11 Å². The van der Waals surface area contributed by atoms with Crippen molar-refractivity contribution in [2.24, 2.45) is 5.92 Å². The number of nitrogens with zero attached hydrogens (tertiary/aromatic N) is 4. The predicted octanol–water partition coefficient (Wildman–Crippen LogP) is 0.864. The normalized spacial score (nSPS) is 15.9. The third-order valence-electron chi connectivity index (χ3n) is 3.76. The van der Waals surface area contributed by atoms with Gasteiger partial charge in [-0.05, 0) is 25.0 Å². The van der Waals surface area contributed by atoms with Crippen LogP contribution in [0.2, 0.25) is 0 Å². The summed E-state index contributed by atoms with van der Waals surface area (Å²) in [5.74, 6) is -0.914. The Kier molecular flexibility index (Phi) is 3.77. The van der Waals surface area contributed by atoms with Crippen LogP contribution in [-0.4, -0.2) is 34.1 Å². The number of aromatic nitrogens is 3. The predicted molar refractivity (Wildman–Crippen MR) is 76.0 cm³/mol. The minimum Gasteiger partial charge on any atom is -0.481 e. The number of pyridine rings is 1. The van der Waals surface area contributed by atoms with Gasteiger partial charge in [0.15, 0.2) is 5.69 Å². The maximum absolute atomic E-state index is 11.0. The van der Waals surface area contributed by atoms with E-state index >= 15 is 0 Å². The van der Waals surface area contributed by atoms with Gasteiger partial charge in [-0.1, -0.05) is 10.7 Å². The Hall–Kier alpha value is -2.50. The second-order valence-electron chi connectivity index (χ2n) is 5.10. The van der Waals surface area contributed by atoms with Crippen LogP contribution in [0.4, 0.5) is 0 Å². The first kappa shape index (κ1) is 13.5. The Labute approximate surface area is 122 Å². The minimum atomic E-state index is -0.691. The molecule has 6 heteroatoms. The Morgan fingerprint density at radius 1 is 1.19 bits per heavy atom. The molecule has 108 valence electrons. The molecule has 0 bridgehead atoms. The molecule has 6 nitrogen and oxygen atoms in total. The molecule has 0 saturated carbocycles. The fourth-order valence-corrected chi connectivity index (χ4v) is 2.55. The molecule has 0 unspecified atom stereocenters. The smallest absolute Gasteiger partial charge is 0.306 e. The Morgan fingerprint density at radius 2 is 1.95 bits per heavy atom. The van der Waals surface area contributed by atoms with Crippen molar-refractivity contribution in [3.63, 3.8) is 0 Å². The molecular weight excluding hydrogens is 268 g/mol. The fourth-order valence-electron chi connectivity index (χ4n) is 2.55. The van der Waals surface area contributed by atoms with Gasteiger partial charge in [0.1, 0.15) is 0 Å². The van der Waals surface area contributed by atoms with E-state index in [0.29, 0.717) is 12.8 Å². The quantitative estimate of drug-likeness (QED) is 0.847. The van der Waals surface area contributed by atoms with Crippen molar-refractivity contribution < 1.29 is 14.6 Å². The van der Waals surface area contributed by atoms with Crippen LogP contribution in [0.1, 0.15) is 12.8 Å². The van der Waals surface area contributed by atoms with Crippen LogP contribution in [-0.2, 0) is 4.79 Å². The van der Waals surface area contributed by atoms with E-state index in [9.17, 15) is 4.79 Å². The summed E-state index contributed by atoms with van der Waals surface area (Å²) >= 11 is 0. The number of carboxylic acids is 1. The highest BCUT2D eigenvalue weighted by Crippen LogP contribution is 2.15. The van der Waals surface area contributed by atoms with Crippen molar-refractivity contribution in [3.05, 3.63) is 43.0 Å². The minimum absolute atomic E-state index is 0.223. The number of aliphatic carboxylic acids is 1. The van der Waals surface area contributed by atoms with Gasteiger partial charge in [-0.3, -0.25) is 9.78 Å². The summed E-state index contributed by atoms with van der Waals surface area (Å²) in [4.78, 5) is 19.6. The van der Waals surface area contributed by atoms with E-state index in [2.05, 4.69) is 15.0 Å². The highest BCUT2D eigenvalue weighted by Gasteiger charge is 2.28. The van der Waals surface area contributed by atoms with Crippen LogP contribution in [0.15, 0.2) is 43.0 Å². The summed E-state index contributed by atoms with van der Waals surface area (Å²) in [5.41, 5.74) is 1.63. The average Bonchev–Trinajstić information content (AvgIpc) is 2.56. The van der Waals surface area contributed by atoms with E-state index in [-0.39, 0.29) is 5.92 Å². The van der Waals surface area contributed by atoms with E-state index in [0.717, 1.165) is 24.5 Å². The molecule has 1 aliphatic rings. The average molecular weight is 285 g/mol. The van der Waals surface area contributed by atoms with E-state index in [1.165, 1.54) is 0 Å². The third kappa shape index (κ3) is 2.99. The van der Waals surface area contributed by atoms with Crippen LogP contribution in [0.5, 0.6) is 0 Å². The Morgan fingerprint density at radius 3 is 2.62 bits per heavy atom. The highest BCUT2D eigenvalue weighted by molar-refractivity contribution is 5.70. The van der Waals surface area contributed by atoms with Gasteiger partial charge in [0, 0.05) is 6.20 Å². The summed E-state index contributed by atoms with van der Waals surface area (Å²) in [6, 6.07) is 5.72. The fraction of sp³-hybridized carbons (Fsp3) is 0.333. The zero-order chi connectivity index (χ0) is 14.7. The SMILES string of the molecule is O=C(O)C1CCN([n+]2ccnc(-c3ccccn3)c2)CC1.